The smallest absolute Gasteiger partial charge is 0.261 e. The SMILES string of the molecule is Cc1cc(S(=O)(=O)Nc2ccccc2C(=O)Nc2cccnc2)ccc1F. The van der Waals surface area contributed by atoms with Gasteiger partial charge in [-0.05, 0) is 55.0 Å². The van der Waals surface area contributed by atoms with Crippen LogP contribution in [0.1, 0.15) is 15.9 Å². The van der Waals surface area contributed by atoms with Crippen LogP contribution in [0.25, 0.3) is 0 Å². The van der Waals surface area contributed by atoms with E-state index in [2.05, 4.69) is 15.0 Å². The summed E-state index contributed by atoms with van der Waals surface area (Å²) in [5.74, 6) is -0.984. The number of para-hydroxylation sites is 1. The van der Waals surface area contributed by atoms with Gasteiger partial charge in [-0.2, -0.15) is 0 Å². The average Bonchev–Trinajstić information content (AvgIpc) is 2.65. The van der Waals surface area contributed by atoms with Crippen LogP contribution in [0, 0.1) is 12.7 Å². The third-order valence-corrected chi connectivity index (χ3v) is 5.14. The van der Waals surface area contributed by atoms with E-state index in [1.54, 1.807) is 30.5 Å². The molecule has 27 heavy (non-hydrogen) atoms. The maximum atomic E-state index is 13.4. The third-order valence-electron chi connectivity index (χ3n) is 3.78. The van der Waals surface area contributed by atoms with Gasteiger partial charge >= 0.3 is 0 Å². The number of hydrogen-bond acceptors (Lipinski definition) is 4. The minimum absolute atomic E-state index is 0.0936. The van der Waals surface area contributed by atoms with Crippen molar-refractivity contribution in [2.24, 2.45) is 0 Å². The molecule has 0 aliphatic heterocycles. The Balaban J connectivity index is 1.89. The predicted octanol–water partition coefficient (Wildman–Crippen LogP) is 3.58. The number of carbonyl (C=O) groups excluding carboxylic acids is 1. The second-order valence-corrected chi connectivity index (χ2v) is 7.44. The summed E-state index contributed by atoms with van der Waals surface area (Å²) in [4.78, 5) is 16.4. The van der Waals surface area contributed by atoms with Gasteiger partial charge in [0.1, 0.15) is 5.82 Å². The highest BCUT2D eigenvalue weighted by molar-refractivity contribution is 7.92. The Hall–Kier alpha value is -3.26. The number of nitrogens with one attached hydrogen (secondary N) is 2. The van der Waals surface area contributed by atoms with Crippen molar-refractivity contribution < 1.29 is 17.6 Å². The topological polar surface area (TPSA) is 88.2 Å². The van der Waals surface area contributed by atoms with E-state index in [1.165, 1.54) is 37.4 Å². The van der Waals surface area contributed by atoms with Crippen LogP contribution in [0.2, 0.25) is 0 Å². The monoisotopic (exact) mass is 385 g/mol. The van der Waals surface area contributed by atoms with Gasteiger partial charge in [-0.25, -0.2) is 12.8 Å². The van der Waals surface area contributed by atoms with Gasteiger partial charge in [0, 0.05) is 6.20 Å². The van der Waals surface area contributed by atoms with Gasteiger partial charge in [0.25, 0.3) is 15.9 Å². The number of nitrogens with zero attached hydrogens (tertiary/aromatic N) is 1. The molecule has 0 fully saturated rings. The first-order valence-corrected chi connectivity index (χ1v) is 9.44. The lowest BCUT2D eigenvalue weighted by atomic mass is 10.1. The molecule has 6 nitrogen and oxygen atoms in total. The van der Waals surface area contributed by atoms with Crippen LogP contribution < -0.4 is 10.0 Å². The summed E-state index contributed by atoms with van der Waals surface area (Å²) in [5.41, 5.74) is 0.944. The van der Waals surface area contributed by atoms with Crippen LogP contribution >= 0.6 is 0 Å². The number of halogens is 1. The number of amides is 1. The van der Waals surface area contributed by atoms with Gasteiger partial charge in [-0.3, -0.25) is 14.5 Å². The fourth-order valence-corrected chi connectivity index (χ4v) is 3.56. The van der Waals surface area contributed by atoms with Crippen molar-refractivity contribution >= 4 is 27.3 Å². The summed E-state index contributed by atoms with van der Waals surface area (Å²) in [6, 6.07) is 13.0. The van der Waals surface area contributed by atoms with Crippen LogP contribution in [0.3, 0.4) is 0 Å². The number of anilines is 2. The lowest BCUT2D eigenvalue weighted by Gasteiger charge is -2.13. The molecule has 2 aromatic carbocycles. The molecule has 0 spiro atoms. The third kappa shape index (κ3) is 4.29. The number of sulfonamides is 1. The molecule has 1 aromatic heterocycles. The van der Waals surface area contributed by atoms with E-state index in [-0.39, 0.29) is 21.7 Å². The van der Waals surface area contributed by atoms with Gasteiger partial charge in [0.2, 0.25) is 0 Å². The summed E-state index contributed by atoms with van der Waals surface area (Å²) in [5, 5.41) is 2.65. The Labute approximate surface area is 156 Å². The van der Waals surface area contributed by atoms with Gasteiger partial charge in [-0.1, -0.05) is 12.1 Å². The quantitative estimate of drug-likeness (QED) is 0.703. The van der Waals surface area contributed by atoms with Crippen LogP contribution in [-0.2, 0) is 10.0 Å². The minimum atomic E-state index is -3.99. The van der Waals surface area contributed by atoms with E-state index in [9.17, 15) is 17.6 Å². The summed E-state index contributed by atoms with van der Waals surface area (Å²) in [7, 11) is -3.99. The molecule has 0 bridgehead atoms. The van der Waals surface area contributed by atoms with Crippen LogP contribution in [0.4, 0.5) is 15.8 Å². The highest BCUT2D eigenvalue weighted by Crippen LogP contribution is 2.22. The van der Waals surface area contributed by atoms with Gasteiger partial charge < -0.3 is 5.32 Å². The number of pyridine rings is 1. The molecule has 1 amide bonds. The summed E-state index contributed by atoms with van der Waals surface area (Å²) in [6.07, 6.45) is 3.05. The number of aryl methyl sites for hydroxylation is 1. The molecule has 138 valence electrons. The first kappa shape index (κ1) is 18.5. The Morgan fingerprint density at radius 3 is 2.56 bits per heavy atom. The fraction of sp³-hybridized carbons (Fsp3) is 0.0526. The van der Waals surface area contributed by atoms with E-state index in [0.717, 1.165) is 6.07 Å². The maximum Gasteiger partial charge on any atom is 0.261 e. The number of rotatable bonds is 5. The average molecular weight is 385 g/mol. The Bertz CT molecular complexity index is 1090. The molecule has 2 N–H and O–H groups in total. The Kier molecular flexibility index (Phi) is 5.18. The summed E-state index contributed by atoms with van der Waals surface area (Å²) in [6.45, 7) is 1.48. The van der Waals surface area contributed by atoms with Crippen molar-refractivity contribution in [2.75, 3.05) is 10.0 Å². The molecule has 0 aliphatic carbocycles. The van der Waals surface area contributed by atoms with Crippen molar-refractivity contribution in [2.45, 2.75) is 11.8 Å². The first-order chi connectivity index (χ1) is 12.9. The predicted molar refractivity (Wildman–Crippen MR) is 101 cm³/mol. The molecule has 0 aliphatic rings. The highest BCUT2D eigenvalue weighted by Gasteiger charge is 2.19. The number of aromatic nitrogens is 1. The van der Waals surface area contributed by atoms with Crippen molar-refractivity contribution in [1.82, 2.24) is 4.98 Å². The molecule has 0 unspecified atom stereocenters. The van der Waals surface area contributed by atoms with Gasteiger partial charge in [0.05, 0.1) is 28.0 Å². The lowest BCUT2D eigenvalue weighted by molar-refractivity contribution is 0.102. The molecule has 0 atom stereocenters. The minimum Gasteiger partial charge on any atom is -0.321 e. The summed E-state index contributed by atoms with van der Waals surface area (Å²) < 4.78 is 41.1. The molecule has 3 rings (SSSR count). The second-order valence-electron chi connectivity index (χ2n) is 5.76. The van der Waals surface area contributed by atoms with E-state index >= 15 is 0 Å². The van der Waals surface area contributed by atoms with Crippen molar-refractivity contribution in [3.63, 3.8) is 0 Å². The van der Waals surface area contributed by atoms with Gasteiger partial charge in [0.15, 0.2) is 0 Å². The molecule has 0 radical (unpaired) electrons. The van der Waals surface area contributed by atoms with Crippen molar-refractivity contribution in [3.05, 3.63) is 83.9 Å². The van der Waals surface area contributed by atoms with E-state index < -0.39 is 21.7 Å². The number of carbonyl (C=O) groups is 1. The number of benzene rings is 2. The summed E-state index contributed by atoms with van der Waals surface area (Å²) >= 11 is 0. The normalized spacial score (nSPS) is 11.0. The van der Waals surface area contributed by atoms with E-state index in [1.807, 2.05) is 0 Å². The second kappa shape index (κ2) is 7.55. The molecule has 0 saturated heterocycles. The first-order valence-electron chi connectivity index (χ1n) is 7.96. The van der Waals surface area contributed by atoms with E-state index in [4.69, 9.17) is 0 Å². The zero-order valence-corrected chi connectivity index (χ0v) is 15.1. The largest absolute Gasteiger partial charge is 0.321 e. The van der Waals surface area contributed by atoms with Crippen LogP contribution in [0.15, 0.2) is 71.9 Å². The highest BCUT2D eigenvalue weighted by atomic mass is 32.2. The molecule has 3 aromatic rings. The maximum absolute atomic E-state index is 13.4. The van der Waals surface area contributed by atoms with E-state index in [0.29, 0.717) is 5.69 Å². The van der Waals surface area contributed by atoms with Crippen LogP contribution in [0.5, 0.6) is 0 Å². The van der Waals surface area contributed by atoms with Gasteiger partial charge in [-0.15, -0.1) is 0 Å². The number of hydrogen-bond donors (Lipinski definition) is 2. The Morgan fingerprint density at radius 2 is 1.85 bits per heavy atom. The standard InChI is InChI=1S/C19H16FN3O3S/c1-13-11-15(8-9-17(13)20)27(25,26)23-18-7-3-2-6-16(18)19(24)22-14-5-4-10-21-12-14/h2-12,23H,1H3,(H,22,24). The molecule has 0 saturated carbocycles. The lowest BCUT2D eigenvalue weighted by Crippen LogP contribution is -2.18. The fourth-order valence-electron chi connectivity index (χ4n) is 2.39. The molecular formula is C19H16FN3O3S. The zero-order chi connectivity index (χ0) is 19.4. The van der Waals surface area contributed by atoms with Crippen molar-refractivity contribution in [1.29, 1.82) is 0 Å². The van der Waals surface area contributed by atoms with Crippen molar-refractivity contribution in [3.8, 4) is 0 Å². The zero-order valence-electron chi connectivity index (χ0n) is 14.3. The van der Waals surface area contributed by atoms with Crippen LogP contribution in [-0.4, -0.2) is 19.3 Å². The Morgan fingerprint density at radius 1 is 1.07 bits per heavy atom. The molecular weight excluding hydrogens is 369 g/mol. The molecule has 1 heterocycles. The molecule has 8 heteroatoms.